The minimum atomic E-state index is -0.140. The Morgan fingerprint density at radius 2 is 2.06 bits per heavy atom. The standard InChI is InChI=1S/C15H21NO2/c1-18-15(17)9-8-13-6-5-7-14(12-13)16-10-3-2-4-11-16/h5-7,12H,2-4,8-11H2,1H3. The number of rotatable bonds is 4. The van der Waals surface area contributed by atoms with Crippen LogP contribution in [0, 0.1) is 0 Å². The first-order chi connectivity index (χ1) is 8.79. The highest BCUT2D eigenvalue weighted by molar-refractivity contribution is 5.69. The lowest BCUT2D eigenvalue weighted by molar-refractivity contribution is -0.140. The lowest BCUT2D eigenvalue weighted by Gasteiger charge is -2.29. The number of piperidine rings is 1. The van der Waals surface area contributed by atoms with Crippen LogP contribution in [-0.4, -0.2) is 26.2 Å². The second kappa shape index (κ2) is 6.43. The van der Waals surface area contributed by atoms with E-state index >= 15 is 0 Å². The molecule has 0 unspecified atom stereocenters. The van der Waals surface area contributed by atoms with Crippen molar-refractivity contribution in [3.05, 3.63) is 29.8 Å². The smallest absolute Gasteiger partial charge is 0.305 e. The average molecular weight is 247 g/mol. The number of esters is 1. The molecule has 1 aliphatic rings. The minimum Gasteiger partial charge on any atom is -0.469 e. The molecule has 98 valence electrons. The van der Waals surface area contributed by atoms with Crippen LogP contribution in [0.3, 0.4) is 0 Å². The van der Waals surface area contributed by atoms with Crippen molar-refractivity contribution >= 4 is 11.7 Å². The summed E-state index contributed by atoms with van der Waals surface area (Å²) in [7, 11) is 1.44. The molecule has 0 amide bonds. The molecule has 1 saturated heterocycles. The molecule has 0 saturated carbocycles. The number of carbonyl (C=O) groups is 1. The number of anilines is 1. The Morgan fingerprint density at radius 3 is 2.78 bits per heavy atom. The van der Waals surface area contributed by atoms with Gasteiger partial charge in [-0.1, -0.05) is 12.1 Å². The summed E-state index contributed by atoms with van der Waals surface area (Å²) in [6.07, 6.45) is 5.13. The average Bonchev–Trinajstić information content (AvgIpc) is 2.46. The van der Waals surface area contributed by atoms with Gasteiger partial charge in [0.15, 0.2) is 0 Å². The van der Waals surface area contributed by atoms with Gasteiger partial charge in [-0.25, -0.2) is 0 Å². The Bertz CT molecular complexity index is 397. The second-order valence-electron chi connectivity index (χ2n) is 4.79. The molecule has 1 aliphatic heterocycles. The van der Waals surface area contributed by atoms with E-state index in [-0.39, 0.29) is 5.97 Å². The molecule has 1 fully saturated rings. The number of benzene rings is 1. The van der Waals surface area contributed by atoms with Crippen LogP contribution in [0.2, 0.25) is 0 Å². The number of carbonyl (C=O) groups excluding carboxylic acids is 1. The SMILES string of the molecule is COC(=O)CCc1cccc(N2CCCCC2)c1. The molecule has 0 radical (unpaired) electrons. The quantitative estimate of drug-likeness (QED) is 0.766. The van der Waals surface area contributed by atoms with Crippen LogP contribution in [0.1, 0.15) is 31.2 Å². The van der Waals surface area contributed by atoms with Gasteiger partial charge in [0, 0.05) is 25.2 Å². The Labute approximate surface area is 109 Å². The van der Waals surface area contributed by atoms with Crippen molar-refractivity contribution in [2.75, 3.05) is 25.1 Å². The highest BCUT2D eigenvalue weighted by atomic mass is 16.5. The third-order valence-corrected chi connectivity index (χ3v) is 3.48. The van der Waals surface area contributed by atoms with Gasteiger partial charge in [-0.15, -0.1) is 0 Å². The van der Waals surface area contributed by atoms with E-state index in [1.165, 1.54) is 37.6 Å². The molecule has 0 aromatic heterocycles. The highest BCUT2D eigenvalue weighted by Crippen LogP contribution is 2.21. The molecule has 0 bridgehead atoms. The molecule has 0 aliphatic carbocycles. The van der Waals surface area contributed by atoms with Crippen molar-refractivity contribution < 1.29 is 9.53 Å². The van der Waals surface area contributed by atoms with Gasteiger partial charge < -0.3 is 9.64 Å². The first-order valence-corrected chi connectivity index (χ1v) is 6.70. The van der Waals surface area contributed by atoms with E-state index in [4.69, 9.17) is 0 Å². The Kier molecular flexibility index (Phi) is 4.62. The predicted molar refractivity (Wildman–Crippen MR) is 72.8 cm³/mol. The Hall–Kier alpha value is -1.51. The van der Waals surface area contributed by atoms with Gasteiger partial charge >= 0.3 is 5.97 Å². The topological polar surface area (TPSA) is 29.5 Å². The molecule has 1 heterocycles. The van der Waals surface area contributed by atoms with E-state index in [2.05, 4.69) is 33.9 Å². The fraction of sp³-hybridized carbons (Fsp3) is 0.533. The normalized spacial score (nSPS) is 15.5. The van der Waals surface area contributed by atoms with Crippen molar-refractivity contribution in [2.45, 2.75) is 32.1 Å². The van der Waals surface area contributed by atoms with Crippen LogP contribution >= 0.6 is 0 Å². The van der Waals surface area contributed by atoms with E-state index in [0.717, 1.165) is 19.5 Å². The van der Waals surface area contributed by atoms with E-state index in [0.29, 0.717) is 6.42 Å². The van der Waals surface area contributed by atoms with E-state index < -0.39 is 0 Å². The summed E-state index contributed by atoms with van der Waals surface area (Å²) < 4.78 is 4.67. The van der Waals surface area contributed by atoms with Gasteiger partial charge in [0.1, 0.15) is 0 Å². The summed E-state index contributed by atoms with van der Waals surface area (Å²) in [5, 5.41) is 0. The first kappa shape index (κ1) is 12.9. The first-order valence-electron chi connectivity index (χ1n) is 6.70. The third kappa shape index (κ3) is 3.49. The number of methoxy groups -OCH3 is 1. The van der Waals surface area contributed by atoms with Crippen LogP contribution in [0.15, 0.2) is 24.3 Å². The van der Waals surface area contributed by atoms with E-state index in [9.17, 15) is 4.79 Å². The molecule has 18 heavy (non-hydrogen) atoms. The van der Waals surface area contributed by atoms with Gasteiger partial charge in [-0.05, 0) is 43.4 Å². The molecule has 2 rings (SSSR count). The van der Waals surface area contributed by atoms with Crippen molar-refractivity contribution in [3.8, 4) is 0 Å². The fourth-order valence-electron chi connectivity index (χ4n) is 2.41. The zero-order valence-corrected chi connectivity index (χ0v) is 11.0. The van der Waals surface area contributed by atoms with Crippen LogP contribution in [0.4, 0.5) is 5.69 Å². The van der Waals surface area contributed by atoms with Crippen LogP contribution in [-0.2, 0) is 16.0 Å². The molecule has 3 heteroatoms. The lowest BCUT2D eigenvalue weighted by atomic mass is 10.1. The van der Waals surface area contributed by atoms with Crippen LogP contribution < -0.4 is 4.90 Å². The third-order valence-electron chi connectivity index (χ3n) is 3.48. The molecule has 3 nitrogen and oxygen atoms in total. The Balaban J connectivity index is 1.98. The summed E-state index contributed by atoms with van der Waals surface area (Å²) in [5.74, 6) is -0.140. The van der Waals surface area contributed by atoms with Gasteiger partial charge in [0.2, 0.25) is 0 Å². The molecule has 0 atom stereocenters. The van der Waals surface area contributed by atoms with Gasteiger partial charge in [0.25, 0.3) is 0 Å². The molecule has 1 aromatic carbocycles. The largest absolute Gasteiger partial charge is 0.469 e. The molecular weight excluding hydrogens is 226 g/mol. The number of aryl methyl sites for hydroxylation is 1. The van der Waals surface area contributed by atoms with Crippen molar-refractivity contribution in [1.29, 1.82) is 0 Å². The lowest BCUT2D eigenvalue weighted by Crippen LogP contribution is -2.29. The molecule has 0 N–H and O–H groups in total. The van der Waals surface area contributed by atoms with Gasteiger partial charge in [0.05, 0.1) is 7.11 Å². The maximum atomic E-state index is 11.1. The number of hydrogen-bond donors (Lipinski definition) is 0. The maximum absolute atomic E-state index is 11.1. The van der Waals surface area contributed by atoms with Gasteiger partial charge in [-0.3, -0.25) is 4.79 Å². The maximum Gasteiger partial charge on any atom is 0.305 e. The van der Waals surface area contributed by atoms with Crippen molar-refractivity contribution in [3.63, 3.8) is 0 Å². The minimum absolute atomic E-state index is 0.140. The molecule has 1 aromatic rings. The molecular formula is C15H21NO2. The van der Waals surface area contributed by atoms with E-state index in [1.54, 1.807) is 0 Å². The summed E-state index contributed by atoms with van der Waals surface area (Å²) in [4.78, 5) is 13.6. The fourth-order valence-corrected chi connectivity index (χ4v) is 2.41. The summed E-state index contributed by atoms with van der Waals surface area (Å²) >= 11 is 0. The number of nitrogens with zero attached hydrogens (tertiary/aromatic N) is 1. The molecule has 0 spiro atoms. The van der Waals surface area contributed by atoms with Crippen molar-refractivity contribution in [2.24, 2.45) is 0 Å². The van der Waals surface area contributed by atoms with E-state index in [1.807, 2.05) is 0 Å². The predicted octanol–water partition coefficient (Wildman–Crippen LogP) is 2.78. The summed E-state index contributed by atoms with van der Waals surface area (Å²) in [6.45, 7) is 2.31. The Morgan fingerprint density at radius 1 is 1.28 bits per heavy atom. The monoisotopic (exact) mass is 247 g/mol. The van der Waals surface area contributed by atoms with Crippen molar-refractivity contribution in [1.82, 2.24) is 0 Å². The van der Waals surface area contributed by atoms with Crippen LogP contribution in [0.25, 0.3) is 0 Å². The van der Waals surface area contributed by atoms with Gasteiger partial charge in [-0.2, -0.15) is 0 Å². The zero-order valence-electron chi connectivity index (χ0n) is 11.0. The number of hydrogen-bond acceptors (Lipinski definition) is 3. The zero-order chi connectivity index (χ0) is 12.8. The van der Waals surface area contributed by atoms with Crippen LogP contribution in [0.5, 0.6) is 0 Å². The highest BCUT2D eigenvalue weighted by Gasteiger charge is 2.11. The second-order valence-corrected chi connectivity index (χ2v) is 4.79. The number of ether oxygens (including phenoxy) is 1. The summed E-state index contributed by atoms with van der Waals surface area (Å²) in [6, 6.07) is 8.52. The summed E-state index contributed by atoms with van der Waals surface area (Å²) in [5.41, 5.74) is 2.50.